The van der Waals surface area contributed by atoms with Gasteiger partial charge < -0.3 is 14.2 Å². The van der Waals surface area contributed by atoms with Crippen LogP contribution in [-0.2, 0) is 14.9 Å². The van der Waals surface area contributed by atoms with E-state index >= 15 is 0 Å². The summed E-state index contributed by atoms with van der Waals surface area (Å²) in [6.45, 7) is 1.86. The third kappa shape index (κ3) is 5.03. The van der Waals surface area contributed by atoms with Crippen molar-refractivity contribution in [2.24, 2.45) is 0 Å². The molecule has 0 N–H and O–H groups in total. The number of carbonyl (C=O) groups is 1. The van der Waals surface area contributed by atoms with Crippen LogP contribution in [0, 0.1) is 5.82 Å². The van der Waals surface area contributed by atoms with E-state index in [-0.39, 0.29) is 11.7 Å². The Balaban J connectivity index is 1.55. The molecular weight excluding hydrogens is 397 g/mol. The van der Waals surface area contributed by atoms with E-state index in [1.807, 2.05) is 4.90 Å². The average Bonchev–Trinajstić information content (AvgIpc) is 3.30. The molecule has 1 aromatic heterocycles. The van der Waals surface area contributed by atoms with Crippen molar-refractivity contribution in [3.63, 3.8) is 0 Å². The second-order valence-corrected chi connectivity index (χ2v) is 8.66. The van der Waals surface area contributed by atoms with Gasteiger partial charge in [-0.3, -0.25) is 4.79 Å². The molecule has 166 valence electrons. The molecule has 2 heterocycles. The fourth-order valence-corrected chi connectivity index (χ4v) is 4.66. The Morgan fingerprint density at radius 1 is 1.26 bits per heavy atom. The number of carbonyl (C=O) groups excluding carboxylic acids is 1. The second kappa shape index (κ2) is 9.73. The maximum Gasteiger partial charge on any atom is 0.257 e. The highest BCUT2D eigenvalue weighted by Crippen LogP contribution is 2.37. The Kier molecular flexibility index (Phi) is 6.80. The maximum absolute atomic E-state index is 13.3. The van der Waals surface area contributed by atoms with E-state index in [0.29, 0.717) is 43.3 Å². The minimum atomic E-state index is -0.410. The van der Waals surface area contributed by atoms with Crippen molar-refractivity contribution in [2.75, 3.05) is 26.8 Å². The molecule has 1 aromatic carbocycles. The molecule has 1 atom stereocenters. The molecule has 0 spiro atoms. The Morgan fingerprint density at radius 2 is 2.10 bits per heavy atom. The highest BCUT2D eigenvalue weighted by Gasteiger charge is 2.42. The van der Waals surface area contributed by atoms with Gasteiger partial charge in [-0.15, -0.1) is 0 Å². The van der Waals surface area contributed by atoms with E-state index in [9.17, 15) is 9.18 Å². The lowest BCUT2D eigenvalue weighted by Crippen LogP contribution is -2.49. The lowest BCUT2D eigenvalue weighted by molar-refractivity contribution is -0.133. The largest absolute Gasteiger partial charge is 0.385 e. The summed E-state index contributed by atoms with van der Waals surface area (Å²) in [7, 11) is 1.68. The predicted molar refractivity (Wildman–Crippen MR) is 115 cm³/mol. The van der Waals surface area contributed by atoms with Crippen molar-refractivity contribution in [2.45, 2.75) is 56.8 Å². The molecule has 1 amide bonds. The van der Waals surface area contributed by atoms with Gasteiger partial charge in [0.15, 0.2) is 5.82 Å². The zero-order valence-electron chi connectivity index (χ0n) is 18.1. The third-order valence-corrected chi connectivity index (χ3v) is 6.47. The van der Waals surface area contributed by atoms with Gasteiger partial charge >= 0.3 is 0 Å². The van der Waals surface area contributed by atoms with E-state index < -0.39 is 5.41 Å². The van der Waals surface area contributed by atoms with Crippen molar-refractivity contribution >= 4 is 5.91 Å². The van der Waals surface area contributed by atoms with Gasteiger partial charge in [0.1, 0.15) is 5.82 Å². The number of amides is 1. The predicted octanol–water partition coefficient (Wildman–Crippen LogP) is 4.66. The average molecular weight is 428 g/mol. The standard InChI is InChI=1S/C24H30FN3O3/c1-30-15-13-24(23-26-22(31-27-23)19-8-10-20(25)11-9-19)12-5-14-28(17-24)21(29)16-18-6-3-2-4-7-18/h6,8-11H,2-5,7,12-17H2,1H3. The Bertz CT molecular complexity index is 924. The maximum atomic E-state index is 13.3. The van der Waals surface area contributed by atoms with Crippen LogP contribution in [0.4, 0.5) is 4.39 Å². The van der Waals surface area contributed by atoms with Crippen LogP contribution in [0.25, 0.3) is 11.5 Å². The molecule has 1 aliphatic heterocycles. The summed E-state index contributed by atoms with van der Waals surface area (Å²) in [5.74, 6) is 0.826. The first-order valence-corrected chi connectivity index (χ1v) is 11.1. The molecule has 1 fully saturated rings. The number of hydrogen-bond donors (Lipinski definition) is 0. The Morgan fingerprint density at radius 3 is 2.84 bits per heavy atom. The summed E-state index contributed by atoms with van der Waals surface area (Å²) in [4.78, 5) is 19.7. The lowest BCUT2D eigenvalue weighted by atomic mass is 9.76. The lowest BCUT2D eigenvalue weighted by Gasteiger charge is -2.41. The van der Waals surface area contributed by atoms with Gasteiger partial charge in [0.2, 0.25) is 5.91 Å². The number of allylic oxidation sites excluding steroid dienone is 1. The van der Waals surface area contributed by atoms with E-state index in [1.165, 1.54) is 30.5 Å². The van der Waals surface area contributed by atoms with Crippen LogP contribution in [0.3, 0.4) is 0 Å². The molecule has 2 aliphatic rings. The fourth-order valence-electron chi connectivity index (χ4n) is 4.66. The fraction of sp³-hybridized carbons (Fsp3) is 0.542. The third-order valence-electron chi connectivity index (χ3n) is 6.47. The van der Waals surface area contributed by atoms with Crippen molar-refractivity contribution in [3.8, 4) is 11.5 Å². The van der Waals surface area contributed by atoms with Crippen molar-refractivity contribution < 1.29 is 18.4 Å². The first-order valence-electron chi connectivity index (χ1n) is 11.1. The summed E-state index contributed by atoms with van der Waals surface area (Å²) < 4.78 is 24.2. The Hall–Kier alpha value is -2.54. The summed E-state index contributed by atoms with van der Waals surface area (Å²) in [5.41, 5.74) is 1.53. The summed E-state index contributed by atoms with van der Waals surface area (Å²) in [6, 6.07) is 6.01. The zero-order chi connectivity index (χ0) is 21.7. The number of aromatic nitrogens is 2. The smallest absolute Gasteiger partial charge is 0.257 e. The number of nitrogens with zero attached hydrogens (tertiary/aromatic N) is 3. The molecule has 4 rings (SSSR count). The van der Waals surface area contributed by atoms with Crippen LogP contribution in [0.5, 0.6) is 0 Å². The summed E-state index contributed by atoms with van der Waals surface area (Å²) >= 11 is 0. The molecular formula is C24H30FN3O3. The summed E-state index contributed by atoms with van der Waals surface area (Å²) in [6.07, 6.45) is 9.70. The van der Waals surface area contributed by atoms with E-state index in [4.69, 9.17) is 9.26 Å². The first-order chi connectivity index (χ1) is 15.1. The molecule has 1 unspecified atom stereocenters. The monoisotopic (exact) mass is 427 g/mol. The van der Waals surface area contributed by atoms with Crippen LogP contribution in [0.2, 0.25) is 0 Å². The number of hydrogen-bond acceptors (Lipinski definition) is 5. The molecule has 1 aliphatic carbocycles. The molecule has 1 saturated heterocycles. The minimum Gasteiger partial charge on any atom is -0.385 e. The summed E-state index contributed by atoms with van der Waals surface area (Å²) in [5, 5.41) is 4.29. The topological polar surface area (TPSA) is 68.5 Å². The first kappa shape index (κ1) is 21.7. The normalized spacial score (nSPS) is 21.7. The van der Waals surface area contributed by atoms with E-state index in [2.05, 4.69) is 16.2 Å². The number of rotatable bonds is 7. The zero-order valence-corrected chi connectivity index (χ0v) is 18.1. The van der Waals surface area contributed by atoms with Gasteiger partial charge in [-0.05, 0) is 69.2 Å². The van der Waals surface area contributed by atoms with E-state index in [0.717, 1.165) is 32.2 Å². The van der Waals surface area contributed by atoms with Gasteiger partial charge in [0, 0.05) is 38.8 Å². The highest BCUT2D eigenvalue weighted by molar-refractivity contribution is 5.79. The van der Waals surface area contributed by atoms with Crippen LogP contribution in [0.15, 0.2) is 40.4 Å². The number of methoxy groups -OCH3 is 1. The van der Waals surface area contributed by atoms with Crippen LogP contribution < -0.4 is 0 Å². The van der Waals surface area contributed by atoms with Crippen molar-refractivity contribution in [1.29, 1.82) is 0 Å². The van der Waals surface area contributed by atoms with Gasteiger partial charge in [-0.25, -0.2) is 4.39 Å². The van der Waals surface area contributed by atoms with Crippen LogP contribution >= 0.6 is 0 Å². The number of halogens is 1. The van der Waals surface area contributed by atoms with Gasteiger partial charge in [-0.2, -0.15) is 4.98 Å². The molecule has 6 nitrogen and oxygen atoms in total. The van der Waals surface area contributed by atoms with Gasteiger partial charge in [0.25, 0.3) is 5.89 Å². The molecule has 0 radical (unpaired) electrons. The highest BCUT2D eigenvalue weighted by atomic mass is 19.1. The SMILES string of the molecule is COCCC1(c2noc(-c3ccc(F)cc3)n2)CCCN(C(=O)CC2=CCCCC2)C1. The number of likely N-dealkylation sites (tertiary alicyclic amines) is 1. The van der Waals surface area contributed by atoms with Crippen molar-refractivity contribution in [3.05, 3.63) is 47.6 Å². The second-order valence-electron chi connectivity index (χ2n) is 8.66. The number of piperidine rings is 1. The van der Waals surface area contributed by atoms with Crippen LogP contribution in [0.1, 0.15) is 57.2 Å². The number of ether oxygens (including phenoxy) is 1. The van der Waals surface area contributed by atoms with Gasteiger partial charge in [-0.1, -0.05) is 16.8 Å². The molecule has 2 aromatic rings. The molecule has 31 heavy (non-hydrogen) atoms. The quantitative estimate of drug-likeness (QED) is 0.601. The minimum absolute atomic E-state index is 0.178. The molecule has 7 heteroatoms. The van der Waals surface area contributed by atoms with Crippen molar-refractivity contribution in [1.82, 2.24) is 15.0 Å². The van der Waals surface area contributed by atoms with Gasteiger partial charge in [0.05, 0.1) is 5.41 Å². The Labute approximate surface area is 182 Å². The number of benzene rings is 1. The van der Waals surface area contributed by atoms with Crippen LogP contribution in [-0.4, -0.2) is 47.8 Å². The van der Waals surface area contributed by atoms with E-state index in [1.54, 1.807) is 19.2 Å². The molecule has 0 bridgehead atoms. The molecule has 0 saturated carbocycles.